The lowest BCUT2D eigenvalue weighted by atomic mass is 10.0. The van der Waals surface area contributed by atoms with Crippen LogP contribution in [0.3, 0.4) is 0 Å². The van der Waals surface area contributed by atoms with Crippen molar-refractivity contribution < 1.29 is 4.79 Å². The second-order valence-electron chi connectivity index (χ2n) is 5.02. The lowest BCUT2D eigenvalue weighted by molar-refractivity contribution is 0.0930. The summed E-state index contributed by atoms with van der Waals surface area (Å²) >= 11 is 0. The van der Waals surface area contributed by atoms with Gasteiger partial charge in [-0.15, -0.1) is 0 Å². The highest BCUT2D eigenvalue weighted by molar-refractivity contribution is 5.98. The second-order valence-corrected chi connectivity index (χ2v) is 5.02. The van der Waals surface area contributed by atoms with Gasteiger partial charge in [-0.25, -0.2) is 0 Å². The maximum atomic E-state index is 12.3. The first-order chi connectivity index (χ1) is 8.58. The van der Waals surface area contributed by atoms with Crippen LogP contribution in [0, 0.1) is 13.8 Å². The highest BCUT2D eigenvalue weighted by Gasteiger charge is 2.13. The number of ketones is 1. The van der Waals surface area contributed by atoms with Crippen molar-refractivity contribution in [2.75, 3.05) is 19.6 Å². The SMILES string of the molecule is CCCN(CCC)CC(=O)c1ccc(C)cc1C. The minimum Gasteiger partial charge on any atom is -0.296 e. The summed E-state index contributed by atoms with van der Waals surface area (Å²) in [7, 11) is 0. The first-order valence-corrected chi connectivity index (χ1v) is 6.91. The van der Waals surface area contributed by atoms with Crippen molar-refractivity contribution in [2.45, 2.75) is 40.5 Å². The average Bonchev–Trinajstić information content (AvgIpc) is 2.29. The lowest BCUT2D eigenvalue weighted by Gasteiger charge is -2.20. The molecule has 0 fully saturated rings. The highest BCUT2D eigenvalue weighted by Crippen LogP contribution is 2.12. The maximum Gasteiger partial charge on any atom is 0.177 e. The molecule has 0 amide bonds. The van der Waals surface area contributed by atoms with Crippen molar-refractivity contribution in [1.29, 1.82) is 0 Å². The van der Waals surface area contributed by atoms with E-state index in [2.05, 4.69) is 31.7 Å². The summed E-state index contributed by atoms with van der Waals surface area (Å²) in [6.07, 6.45) is 2.19. The van der Waals surface area contributed by atoms with Gasteiger partial charge in [0.05, 0.1) is 6.54 Å². The molecule has 0 heterocycles. The van der Waals surface area contributed by atoms with E-state index >= 15 is 0 Å². The summed E-state index contributed by atoms with van der Waals surface area (Å²) in [4.78, 5) is 14.5. The Morgan fingerprint density at radius 3 is 2.22 bits per heavy atom. The molecule has 0 aliphatic carbocycles. The van der Waals surface area contributed by atoms with Crippen molar-refractivity contribution in [3.63, 3.8) is 0 Å². The van der Waals surface area contributed by atoms with Crippen LogP contribution in [0.15, 0.2) is 18.2 Å². The molecule has 0 aromatic heterocycles. The van der Waals surface area contributed by atoms with Gasteiger partial charge in [0.25, 0.3) is 0 Å². The molecular formula is C16H25NO. The summed E-state index contributed by atoms with van der Waals surface area (Å²) in [5.74, 6) is 0.245. The fourth-order valence-corrected chi connectivity index (χ4v) is 2.32. The van der Waals surface area contributed by atoms with Gasteiger partial charge in [0.15, 0.2) is 5.78 Å². The van der Waals surface area contributed by atoms with Crippen molar-refractivity contribution in [3.8, 4) is 0 Å². The van der Waals surface area contributed by atoms with Crippen LogP contribution in [0.5, 0.6) is 0 Å². The number of carbonyl (C=O) groups is 1. The van der Waals surface area contributed by atoms with E-state index in [4.69, 9.17) is 0 Å². The number of hydrogen-bond acceptors (Lipinski definition) is 2. The van der Waals surface area contributed by atoms with Gasteiger partial charge in [0, 0.05) is 5.56 Å². The predicted molar refractivity (Wildman–Crippen MR) is 77.3 cm³/mol. The van der Waals surface area contributed by atoms with Crippen molar-refractivity contribution >= 4 is 5.78 Å². The minimum atomic E-state index is 0.245. The van der Waals surface area contributed by atoms with E-state index < -0.39 is 0 Å². The summed E-state index contributed by atoms with van der Waals surface area (Å²) < 4.78 is 0. The summed E-state index contributed by atoms with van der Waals surface area (Å²) in [6.45, 7) is 10.9. The third-order valence-corrected chi connectivity index (χ3v) is 3.13. The van der Waals surface area contributed by atoms with Gasteiger partial charge < -0.3 is 0 Å². The van der Waals surface area contributed by atoms with Crippen LogP contribution in [-0.4, -0.2) is 30.3 Å². The van der Waals surface area contributed by atoms with E-state index in [-0.39, 0.29) is 5.78 Å². The quantitative estimate of drug-likeness (QED) is 0.686. The molecule has 0 spiro atoms. The first kappa shape index (κ1) is 14.9. The zero-order valence-corrected chi connectivity index (χ0v) is 12.1. The molecule has 1 aromatic carbocycles. The highest BCUT2D eigenvalue weighted by atomic mass is 16.1. The molecule has 1 rings (SSSR count). The third-order valence-electron chi connectivity index (χ3n) is 3.13. The molecule has 2 nitrogen and oxygen atoms in total. The molecular weight excluding hydrogens is 222 g/mol. The molecule has 0 radical (unpaired) electrons. The van der Waals surface area contributed by atoms with E-state index in [0.717, 1.165) is 37.1 Å². The number of nitrogens with zero attached hydrogens (tertiary/aromatic N) is 1. The van der Waals surface area contributed by atoms with Crippen LogP contribution in [0.1, 0.15) is 48.2 Å². The molecule has 0 atom stereocenters. The molecule has 2 heteroatoms. The van der Waals surface area contributed by atoms with Gasteiger partial charge in [-0.05, 0) is 45.3 Å². The topological polar surface area (TPSA) is 20.3 Å². The molecule has 0 unspecified atom stereocenters. The van der Waals surface area contributed by atoms with Gasteiger partial charge in [-0.2, -0.15) is 0 Å². The maximum absolute atomic E-state index is 12.3. The Hall–Kier alpha value is -1.15. The zero-order chi connectivity index (χ0) is 13.5. The molecule has 0 saturated heterocycles. The largest absolute Gasteiger partial charge is 0.296 e. The van der Waals surface area contributed by atoms with Crippen LogP contribution < -0.4 is 0 Å². The van der Waals surface area contributed by atoms with Gasteiger partial charge >= 0.3 is 0 Å². The van der Waals surface area contributed by atoms with E-state index in [9.17, 15) is 4.79 Å². The Bertz CT molecular complexity index is 392. The van der Waals surface area contributed by atoms with Crippen LogP contribution in [0.2, 0.25) is 0 Å². The number of aryl methyl sites for hydroxylation is 2. The molecule has 1 aromatic rings. The molecule has 0 aliphatic rings. The Labute approximate surface area is 111 Å². The zero-order valence-electron chi connectivity index (χ0n) is 12.1. The molecule has 0 saturated carbocycles. The predicted octanol–water partition coefficient (Wildman–Crippen LogP) is 3.61. The Morgan fingerprint density at radius 2 is 1.72 bits per heavy atom. The van der Waals surface area contributed by atoms with Crippen LogP contribution in [-0.2, 0) is 0 Å². The van der Waals surface area contributed by atoms with E-state index in [0.29, 0.717) is 6.54 Å². The number of benzene rings is 1. The molecule has 18 heavy (non-hydrogen) atoms. The fraction of sp³-hybridized carbons (Fsp3) is 0.562. The Kier molecular flexibility index (Phi) is 6.06. The smallest absolute Gasteiger partial charge is 0.177 e. The number of carbonyl (C=O) groups excluding carboxylic acids is 1. The summed E-state index contributed by atoms with van der Waals surface area (Å²) in [6, 6.07) is 6.06. The van der Waals surface area contributed by atoms with Gasteiger partial charge in [0.2, 0.25) is 0 Å². The van der Waals surface area contributed by atoms with Crippen LogP contribution >= 0.6 is 0 Å². The summed E-state index contributed by atoms with van der Waals surface area (Å²) in [5.41, 5.74) is 3.17. The standard InChI is InChI=1S/C16H25NO/c1-5-9-17(10-6-2)12-16(18)15-8-7-13(3)11-14(15)4/h7-8,11H,5-6,9-10,12H2,1-4H3. The number of rotatable bonds is 7. The summed E-state index contributed by atoms with van der Waals surface area (Å²) in [5, 5.41) is 0. The number of Topliss-reactive ketones (excluding diaryl/α,β-unsaturated/α-hetero) is 1. The molecule has 100 valence electrons. The van der Waals surface area contributed by atoms with Crippen LogP contribution in [0.25, 0.3) is 0 Å². The number of hydrogen-bond donors (Lipinski definition) is 0. The minimum absolute atomic E-state index is 0.245. The van der Waals surface area contributed by atoms with Gasteiger partial charge in [-0.3, -0.25) is 9.69 Å². The van der Waals surface area contributed by atoms with Crippen molar-refractivity contribution in [1.82, 2.24) is 4.90 Å². The third kappa shape index (κ3) is 4.26. The van der Waals surface area contributed by atoms with Gasteiger partial charge in [0.1, 0.15) is 0 Å². The monoisotopic (exact) mass is 247 g/mol. The van der Waals surface area contributed by atoms with Crippen molar-refractivity contribution in [3.05, 3.63) is 34.9 Å². The van der Waals surface area contributed by atoms with E-state index in [1.807, 2.05) is 19.1 Å². The molecule has 0 bridgehead atoms. The van der Waals surface area contributed by atoms with Crippen molar-refractivity contribution in [2.24, 2.45) is 0 Å². The Balaban J connectivity index is 2.73. The lowest BCUT2D eigenvalue weighted by Crippen LogP contribution is -2.31. The fourth-order valence-electron chi connectivity index (χ4n) is 2.32. The van der Waals surface area contributed by atoms with E-state index in [1.165, 1.54) is 5.56 Å². The van der Waals surface area contributed by atoms with Gasteiger partial charge in [-0.1, -0.05) is 37.6 Å². The van der Waals surface area contributed by atoms with E-state index in [1.54, 1.807) is 0 Å². The first-order valence-electron chi connectivity index (χ1n) is 6.91. The molecule has 0 N–H and O–H groups in total. The Morgan fingerprint density at radius 1 is 1.11 bits per heavy atom. The normalized spacial score (nSPS) is 10.9. The second kappa shape index (κ2) is 7.32. The average molecular weight is 247 g/mol. The molecule has 0 aliphatic heterocycles. The van der Waals surface area contributed by atoms with Crippen LogP contribution in [0.4, 0.5) is 0 Å².